The van der Waals surface area contributed by atoms with Crippen molar-refractivity contribution >= 4 is 5.82 Å². The molecule has 39 heavy (non-hydrogen) atoms. The van der Waals surface area contributed by atoms with Crippen LogP contribution in [0.15, 0.2) is 79.3 Å². The zero-order valence-electron chi connectivity index (χ0n) is 23.3. The molecule has 2 fully saturated rings. The maximum Gasteiger partial charge on any atom is 0.127 e. The van der Waals surface area contributed by atoms with E-state index in [1.165, 1.54) is 24.0 Å². The molecule has 2 aliphatic rings. The molecule has 1 saturated heterocycles. The second-order valence-corrected chi connectivity index (χ2v) is 11.9. The van der Waals surface area contributed by atoms with Crippen LogP contribution in [0.5, 0.6) is 0 Å². The first-order valence-electron chi connectivity index (χ1n) is 14.1. The highest BCUT2D eigenvalue weighted by Crippen LogP contribution is 2.32. The lowest BCUT2D eigenvalue weighted by Gasteiger charge is -2.42. The summed E-state index contributed by atoms with van der Waals surface area (Å²) in [5.74, 6) is 0.898. The molecule has 6 rings (SSSR count). The first-order chi connectivity index (χ1) is 18.9. The minimum Gasteiger partial charge on any atom is -0.367 e. The fraction of sp³-hybridized carbons (Fsp3) is 0.364. The standard InChI is InChI=1S/C33H38N6/c1-33(2,3)39-15-13-38(14-16-39)23-24-7-6-8-25(17-24)27-18-28(22-34-21-27)26-19-31(30-9-4-5-12-35-30)37-32(20-26)36-29-10-11-29/h4-9,12,17-22,29H,10-11,13-16,23H2,1-3H3,(H,36,37). The molecule has 3 aromatic heterocycles. The molecule has 0 unspecified atom stereocenters. The predicted octanol–water partition coefficient (Wildman–Crippen LogP) is 6.36. The van der Waals surface area contributed by atoms with Gasteiger partial charge < -0.3 is 5.32 Å². The molecular weight excluding hydrogens is 480 g/mol. The van der Waals surface area contributed by atoms with Crippen molar-refractivity contribution in [3.05, 3.63) is 84.8 Å². The van der Waals surface area contributed by atoms with Gasteiger partial charge in [-0.15, -0.1) is 0 Å². The normalized spacial score (nSPS) is 16.8. The Kier molecular flexibility index (Phi) is 7.15. The highest BCUT2D eigenvalue weighted by molar-refractivity contribution is 5.76. The summed E-state index contributed by atoms with van der Waals surface area (Å²) in [6.07, 6.45) is 8.13. The summed E-state index contributed by atoms with van der Waals surface area (Å²) >= 11 is 0. The van der Waals surface area contributed by atoms with Crippen molar-refractivity contribution in [2.45, 2.75) is 51.7 Å². The van der Waals surface area contributed by atoms with Gasteiger partial charge in [-0.2, -0.15) is 0 Å². The summed E-state index contributed by atoms with van der Waals surface area (Å²) in [6, 6.07) is 21.9. The van der Waals surface area contributed by atoms with Crippen LogP contribution >= 0.6 is 0 Å². The van der Waals surface area contributed by atoms with Crippen LogP contribution in [0, 0.1) is 0 Å². The summed E-state index contributed by atoms with van der Waals surface area (Å²) < 4.78 is 0. The van der Waals surface area contributed by atoms with Gasteiger partial charge in [-0.1, -0.05) is 24.3 Å². The molecule has 0 spiro atoms. The zero-order chi connectivity index (χ0) is 26.8. The second-order valence-electron chi connectivity index (χ2n) is 11.9. The van der Waals surface area contributed by atoms with Crippen LogP contribution in [-0.4, -0.2) is 62.5 Å². The van der Waals surface area contributed by atoms with Gasteiger partial charge in [0.1, 0.15) is 5.82 Å². The maximum atomic E-state index is 4.87. The first-order valence-corrected chi connectivity index (χ1v) is 14.1. The van der Waals surface area contributed by atoms with E-state index in [-0.39, 0.29) is 5.54 Å². The van der Waals surface area contributed by atoms with Crippen molar-refractivity contribution in [1.29, 1.82) is 0 Å². The number of aromatic nitrogens is 3. The Bertz CT molecular complexity index is 1420. The van der Waals surface area contributed by atoms with E-state index in [9.17, 15) is 0 Å². The van der Waals surface area contributed by atoms with Gasteiger partial charge in [0.05, 0.1) is 11.4 Å². The van der Waals surface area contributed by atoms with Crippen LogP contribution in [0.4, 0.5) is 5.82 Å². The van der Waals surface area contributed by atoms with Crippen LogP contribution < -0.4 is 5.32 Å². The van der Waals surface area contributed by atoms with E-state index in [1.54, 1.807) is 0 Å². The number of nitrogens with zero attached hydrogens (tertiary/aromatic N) is 5. The Morgan fingerprint density at radius 1 is 0.795 bits per heavy atom. The zero-order valence-corrected chi connectivity index (χ0v) is 23.3. The van der Waals surface area contributed by atoms with Crippen molar-refractivity contribution in [1.82, 2.24) is 24.8 Å². The van der Waals surface area contributed by atoms with Crippen LogP contribution in [0.1, 0.15) is 39.2 Å². The van der Waals surface area contributed by atoms with Gasteiger partial charge in [0.2, 0.25) is 0 Å². The smallest absolute Gasteiger partial charge is 0.127 e. The molecule has 1 saturated carbocycles. The molecule has 0 atom stereocenters. The van der Waals surface area contributed by atoms with E-state index in [2.05, 4.69) is 88.3 Å². The van der Waals surface area contributed by atoms with Crippen LogP contribution in [0.3, 0.4) is 0 Å². The summed E-state index contributed by atoms with van der Waals surface area (Å²) in [4.78, 5) is 19.2. The number of rotatable bonds is 7. The average Bonchev–Trinajstić information content (AvgIpc) is 3.77. The van der Waals surface area contributed by atoms with E-state index in [0.717, 1.165) is 66.6 Å². The maximum absolute atomic E-state index is 4.87. The lowest BCUT2D eigenvalue weighted by Crippen LogP contribution is -2.53. The molecule has 1 aliphatic carbocycles. The molecule has 4 heterocycles. The molecule has 6 nitrogen and oxygen atoms in total. The summed E-state index contributed by atoms with van der Waals surface area (Å²) in [5.41, 5.74) is 7.83. The molecule has 1 aliphatic heterocycles. The number of benzene rings is 1. The third kappa shape index (κ3) is 6.35. The quantitative estimate of drug-likeness (QED) is 0.307. The van der Waals surface area contributed by atoms with E-state index in [0.29, 0.717) is 6.04 Å². The predicted molar refractivity (Wildman–Crippen MR) is 159 cm³/mol. The van der Waals surface area contributed by atoms with Crippen LogP contribution in [-0.2, 0) is 6.54 Å². The van der Waals surface area contributed by atoms with E-state index in [1.807, 2.05) is 36.8 Å². The average molecular weight is 519 g/mol. The Morgan fingerprint density at radius 2 is 1.59 bits per heavy atom. The van der Waals surface area contributed by atoms with Crippen molar-refractivity contribution < 1.29 is 0 Å². The summed E-state index contributed by atoms with van der Waals surface area (Å²) in [5, 5.41) is 3.57. The molecule has 1 aromatic carbocycles. The van der Waals surface area contributed by atoms with E-state index < -0.39 is 0 Å². The van der Waals surface area contributed by atoms with Crippen molar-refractivity contribution in [2.24, 2.45) is 0 Å². The molecule has 0 amide bonds. The van der Waals surface area contributed by atoms with Gasteiger partial charge in [0.15, 0.2) is 0 Å². The van der Waals surface area contributed by atoms with Gasteiger partial charge in [-0.25, -0.2) is 4.98 Å². The fourth-order valence-electron chi connectivity index (χ4n) is 5.29. The molecule has 6 heteroatoms. The molecule has 200 valence electrons. The van der Waals surface area contributed by atoms with Gasteiger partial charge in [0, 0.05) is 74.0 Å². The van der Waals surface area contributed by atoms with E-state index in [4.69, 9.17) is 4.98 Å². The summed E-state index contributed by atoms with van der Waals surface area (Å²) in [7, 11) is 0. The molecule has 1 N–H and O–H groups in total. The van der Waals surface area contributed by atoms with Crippen LogP contribution in [0.2, 0.25) is 0 Å². The first kappa shape index (κ1) is 25.7. The number of nitrogens with one attached hydrogen (secondary N) is 1. The second kappa shape index (κ2) is 10.9. The van der Waals surface area contributed by atoms with Crippen molar-refractivity contribution in [2.75, 3.05) is 31.5 Å². The Labute approximate surface area is 232 Å². The minimum absolute atomic E-state index is 0.242. The SMILES string of the molecule is CC(C)(C)N1CCN(Cc2cccc(-c3cncc(-c4cc(NC5CC5)nc(-c5ccccn5)c4)c3)c2)CC1. The Hall–Kier alpha value is -3.61. The van der Waals surface area contributed by atoms with Crippen molar-refractivity contribution in [3.63, 3.8) is 0 Å². The third-order valence-corrected chi connectivity index (χ3v) is 7.74. The fourth-order valence-corrected chi connectivity index (χ4v) is 5.29. The highest BCUT2D eigenvalue weighted by atomic mass is 15.3. The van der Waals surface area contributed by atoms with Gasteiger partial charge in [-0.3, -0.25) is 19.8 Å². The minimum atomic E-state index is 0.242. The topological polar surface area (TPSA) is 57.2 Å². The number of anilines is 1. The number of pyridine rings is 3. The number of hydrogen-bond donors (Lipinski definition) is 1. The third-order valence-electron chi connectivity index (χ3n) is 7.74. The lowest BCUT2D eigenvalue weighted by atomic mass is 10.00. The number of hydrogen-bond acceptors (Lipinski definition) is 6. The van der Waals surface area contributed by atoms with Gasteiger partial charge in [0.25, 0.3) is 0 Å². The Balaban J connectivity index is 1.24. The molecular formula is C33H38N6. The largest absolute Gasteiger partial charge is 0.367 e. The number of piperazine rings is 1. The van der Waals surface area contributed by atoms with E-state index >= 15 is 0 Å². The Morgan fingerprint density at radius 3 is 2.31 bits per heavy atom. The summed E-state index contributed by atoms with van der Waals surface area (Å²) in [6.45, 7) is 12.4. The van der Waals surface area contributed by atoms with Crippen LogP contribution in [0.25, 0.3) is 33.6 Å². The highest BCUT2D eigenvalue weighted by Gasteiger charge is 2.26. The van der Waals surface area contributed by atoms with Crippen molar-refractivity contribution in [3.8, 4) is 33.6 Å². The lowest BCUT2D eigenvalue weighted by molar-refractivity contribution is 0.0591. The monoisotopic (exact) mass is 518 g/mol. The molecule has 4 aromatic rings. The van der Waals surface area contributed by atoms with Gasteiger partial charge in [-0.05, 0) is 86.7 Å². The molecule has 0 radical (unpaired) electrons. The molecule has 0 bridgehead atoms. The van der Waals surface area contributed by atoms with Gasteiger partial charge >= 0.3 is 0 Å².